The summed E-state index contributed by atoms with van der Waals surface area (Å²) >= 11 is 0. The van der Waals surface area contributed by atoms with Gasteiger partial charge in [0.2, 0.25) is 0 Å². The second-order valence-electron chi connectivity index (χ2n) is 12.3. The lowest BCUT2D eigenvalue weighted by Gasteiger charge is -2.60. The number of halogens is 3. The zero-order valence-corrected chi connectivity index (χ0v) is 21.2. The number of likely N-dealkylation sites (tertiary alicyclic amines) is 2. The summed E-state index contributed by atoms with van der Waals surface area (Å²) in [5.41, 5.74) is -2.03. The van der Waals surface area contributed by atoms with Gasteiger partial charge in [0.15, 0.2) is 11.6 Å². The first-order chi connectivity index (χ1) is 18.5. The van der Waals surface area contributed by atoms with Crippen molar-refractivity contribution < 1.29 is 27.8 Å². The molecule has 2 aromatic heterocycles. The molecule has 3 aliphatic carbocycles. The van der Waals surface area contributed by atoms with E-state index in [1.807, 2.05) is 14.5 Å². The van der Waals surface area contributed by atoms with Gasteiger partial charge in [-0.1, -0.05) is 0 Å². The number of nitriles is 1. The van der Waals surface area contributed by atoms with E-state index in [2.05, 4.69) is 15.1 Å². The molecule has 2 aromatic rings. The molecule has 2 aliphatic heterocycles. The lowest BCUT2D eigenvalue weighted by molar-refractivity contribution is -0.141. The Kier molecular flexibility index (Phi) is 5.09. The van der Waals surface area contributed by atoms with Crippen LogP contribution in [-0.4, -0.2) is 73.0 Å². The largest absolute Gasteiger partial charge is 0.487 e. The topological polar surface area (TPSA) is 120 Å². The number of amides is 2. The minimum atomic E-state index is -4.62. The van der Waals surface area contributed by atoms with Gasteiger partial charge in [0.25, 0.3) is 0 Å². The summed E-state index contributed by atoms with van der Waals surface area (Å²) in [6.07, 6.45) is 3.41. The number of hydrogen-bond acceptors (Lipinski definition) is 7. The Morgan fingerprint density at radius 1 is 1.08 bits per heavy atom. The van der Waals surface area contributed by atoms with Crippen LogP contribution in [0.4, 0.5) is 18.0 Å². The molecule has 206 valence electrons. The fourth-order valence-electron chi connectivity index (χ4n) is 6.89. The van der Waals surface area contributed by atoms with Gasteiger partial charge in [-0.3, -0.25) is 0 Å². The van der Waals surface area contributed by atoms with Crippen LogP contribution in [-0.2, 0) is 11.8 Å². The number of ether oxygens (including phenoxy) is 1. The van der Waals surface area contributed by atoms with Gasteiger partial charge in [-0.25, -0.2) is 19.4 Å². The molecule has 7 rings (SSSR count). The van der Waals surface area contributed by atoms with Crippen molar-refractivity contribution in [1.82, 2.24) is 29.5 Å². The first kappa shape index (κ1) is 24.6. The van der Waals surface area contributed by atoms with E-state index in [1.54, 1.807) is 12.4 Å². The number of hydrogen-bond donors (Lipinski definition) is 1. The van der Waals surface area contributed by atoms with E-state index >= 15 is 0 Å². The zero-order chi connectivity index (χ0) is 27.2. The summed E-state index contributed by atoms with van der Waals surface area (Å²) in [6, 6.07) is 2.80. The Bertz CT molecular complexity index is 1360. The number of aliphatic hydroxyl groups is 1. The van der Waals surface area contributed by atoms with Crippen molar-refractivity contribution in [3.63, 3.8) is 0 Å². The fourth-order valence-corrected chi connectivity index (χ4v) is 6.89. The lowest BCUT2D eigenvalue weighted by Crippen LogP contribution is -2.69. The summed E-state index contributed by atoms with van der Waals surface area (Å²) in [5, 5.41) is 24.0. The van der Waals surface area contributed by atoms with E-state index in [0.29, 0.717) is 44.6 Å². The number of nitrogens with zero attached hydrogens (tertiary/aromatic N) is 7. The van der Waals surface area contributed by atoms with Crippen LogP contribution in [0.5, 0.6) is 5.75 Å². The highest BCUT2D eigenvalue weighted by Crippen LogP contribution is 2.55. The smallest absolute Gasteiger partial charge is 0.433 e. The predicted octanol–water partition coefficient (Wildman–Crippen LogP) is 3.24. The number of pyridine rings is 1. The molecule has 0 aromatic carbocycles. The fraction of sp³-hybridized carbons (Fsp3) is 0.654. The van der Waals surface area contributed by atoms with Gasteiger partial charge in [-0.2, -0.15) is 23.5 Å². The molecule has 1 atom stereocenters. The highest BCUT2D eigenvalue weighted by Gasteiger charge is 2.58. The number of urea groups is 1. The van der Waals surface area contributed by atoms with E-state index < -0.39 is 17.5 Å². The lowest BCUT2D eigenvalue weighted by atomic mass is 9.60. The monoisotopic (exact) mass is 543 g/mol. The van der Waals surface area contributed by atoms with Crippen molar-refractivity contribution in [2.45, 2.75) is 68.9 Å². The summed E-state index contributed by atoms with van der Waals surface area (Å²) in [6.45, 7) is 2.75. The van der Waals surface area contributed by atoms with Gasteiger partial charge in [0.05, 0.1) is 23.9 Å². The van der Waals surface area contributed by atoms with Crippen LogP contribution >= 0.6 is 0 Å². The van der Waals surface area contributed by atoms with E-state index in [-0.39, 0.29) is 40.3 Å². The quantitative estimate of drug-likeness (QED) is 0.629. The summed E-state index contributed by atoms with van der Waals surface area (Å²) in [7, 11) is 0. The minimum absolute atomic E-state index is 0.0486. The predicted molar refractivity (Wildman–Crippen MR) is 127 cm³/mol. The Morgan fingerprint density at radius 2 is 1.77 bits per heavy atom. The molecule has 0 unspecified atom stereocenters. The van der Waals surface area contributed by atoms with Crippen molar-refractivity contribution in [1.29, 1.82) is 5.26 Å². The van der Waals surface area contributed by atoms with Crippen molar-refractivity contribution in [3.8, 4) is 11.8 Å². The molecule has 5 aliphatic rings. The molecule has 0 bridgehead atoms. The minimum Gasteiger partial charge on any atom is -0.487 e. The summed E-state index contributed by atoms with van der Waals surface area (Å²) in [4.78, 5) is 24.5. The number of aromatic nitrogens is 4. The zero-order valence-electron chi connectivity index (χ0n) is 21.2. The molecule has 4 heterocycles. The molecule has 2 saturated heterocycles. The van der Waals surface area contributed by atoms with Crippen molar-refractivity contribution in [2.75, 3.05) is 26.2 Å². The van der Waals surface area contributed by atoms with Crippen molar-refractivity contribution >= 4 is 6.03 Å². The maximum Gasteiger partial charge on any atom is 0.433 e. The van der Waals surface area contributed by atoms with Gasteiger partial charge in [-0.05, 0) is 51.0 Å². The molecule has 0 radical (unpaired) electrons. The van der Waals surface area contributed by atoms with Crippen LogP contribution in [0.3, 0.4) is 0 Å². The maximum atomic E-state index is 13.0. The highest BCUT2D eigenvalue weighted by molar-refractivity contribution is 5.77. The average Bonchev–Trinajstić information content (AvgIpc) is 3.21. The van der Waals surface area contributed by atoms with Crippen molar-refractivity contribution in [2.24, 2.45) is 10.8 Å². The highest BCUT2D eigenvalue weighted by atomic mass is 19.4. The van der Waals surface area contributed by atoms with Crippen LogP contribution in [0.25, 0.3) is 0 Å². The van der Waals surface area contributed by atoms with Gasteiger partial charge in [0, 0.05) is 37.0 Å². The maximum absolute atomic E-state index is 13.0. The molecule has 5 fully saturated rings. The van der Waals surface area contributed by atoms with E-state index in [0.717, 1.165) is 44.6 Å². The van der Waals surface area contributed by atoms with Crippen LogP contribution < -0.4 is 4.74 Å². The number of rotatable bonds is 4. The molecule has 39 heavy (non-hydrogen) atoms. The van der Waals surface area contributed by atoms with Gasteiger partial charge in [0.1, 0.15) is 23.7 Å². The molecule has 3 saturated carbocycles. The Morgan fingerprint density at radius 3 is 2.41 bits per heavy atom. The third kappa shape index (κ3) is 4.11. The van der Waals surface area contributed by atoms with Gasteiger partial charge in [-0.15, -0.1) is 0 Å². The molecule has 1 N–H and O–H groups in total. The van der Waals surface area contributed by atoms with Crippen LogP contribution in [0.2, 0.25) is 0 Å². The average molecular weight is 544 g/mol. The molecular weight excluding hydrogens is 515 g/mol. The third-order valence-electron chi connectivity index (χ3n) is 9.24. The Labute approximate surface area is 222 Å². The standard InChI is InChI=1S/C26H28F3N7O3/c27-26(28,29)20-5-16(9-30)19(10-31-20)39-18-1-2-23(8-18)11-34(12-23)22(37)35-13-24(14-35)6-17(7-24)36-15-32-21(33-36)25(38)3-4-25/h5,10,15,17-18,38H,1-4,6-8,11-14H2/t18-/m0/s1. The third-order valence-corrected chi connectivity index (χ3v) is 9.24. The second kappa shape index (κ2) is 8.06. The first-order valence-electron chi connectivity index (χ1n) is 13.3. The van der Waals surface area contributed by atoms with Gasteiger partial charge >= 0.3 is 12.2 Å². The number of alkyl halides is 3. The molecule has 2 spiro atoms. The number of carbonyl (C=O) groups is 1. The molecule has 10 nitrogen and oxygen atoms in total. The van der Waals surface area contributed by atoms with Crippen molar-refractivity contribution in [3.05, 3.63) is 35.7 Å². The van der Waals surface area contributed by atoms with E-state index in [4.69, 9.17) is 4.74 Å². The van der Waals surface area contributed by atoms with Crippen LogP contribution in [0, 0.1) is 22.2 Å². The van der Waals surface area contributed by atoms with E-state index in [9.17, 15) is 28.3 Å². The normalized spacial score (nSPS) is 26.1. The molecule has 2 amide bonds. The summed E-state index contributed by atoms with van der Waals surface area (Å²) < 4.78 is 46.5. The van der Waals surface area contributed by atoms with E-state index in [1.165, 1.54) is 0 Å². The van der Waals surface area contributed by atoms with Crippen LogP contribution in [0.15, 0.2) is 18.6 Å². The second-order valence-corrected chi connectivity index (χ2v) is 12.3. The SMILES string of the molecule is N#Cc1cc(C(F)(F)F)ncc1O[C@H]1CCC2(C1)CN(C(=O)N1CC3(CC(n4cnc(C5(O)CC5)n4)C3)C1)C2. The van der Waals surface area contributed by atoms with Crippen LogP contribution in [0.1, 0.15) is 68.1 Å². The molecule has 13 heteroatoms. The Balaban J connectivity index is 0.880. The van der Waals surface area contributed by atoms with Gasteiger partial charge < -0.3 is 19.6 Å². The summed E-state index contributed by atoms with van der Waals surface area (Å²) in [5.74, 6) is 0.580. The molecular formula is C26H28F3N7O3. The Hall–Kier alpha value is -3.40. The number of carbonyl (C=O) groups excluding carboxylic acids is 1. The first-order valence-corrected chi connectivity index (χ1v) is 13.3.